The van der Waals surface area contributed by atoms with Gasteiger partial charge in [-0.1, -0.05) is 38.0 Å². The lowest BCUT2D eigenvalue weighted by atomic mass is 10.1. The predicted molar refractivity (Wildman–Crippen MR) is 82.1 cm³/mol. The molecule has 0 saturated heterocycles. The van der Waals surface area contributed by atoms with Crippen LogP contribution in [0.2, 0.25) is 0 Å². The zero-order chi connectivity index (χ0) is 14.6. The minimum atomic E-state index is -0.397. The Balaban J connectivity index is 3.46. The molecular weight excluding hydrogens is 236 g/mol. The van der Waals surface area contributed by atoms with Crippen LogP contribution in [-0.2, 0) is 9.53 Å². The van der Waals surface area contributed by atoms with E-state index < -0.39 is 5.60 Å². The average molecular weight is 266 g/mol. The molecule has 0 unspecified atom stereocenters. The Morgan fingerprint density at radius 2 is 1.53 bits per heavy atom. The van der Waals surface area contributed by atoms with Crippen LogP contribution >= 0.6 is 0 Å². The summed E-state index contributed by atoms with van der Waals surface area (Å²) in [7, 11) is 0. The van der Waals surface area contributed by atoms with Crippen molar-refractivity contribution in [1.82, 2.24) is 0 Å². The van der Waals surface area contributed by atoms with Gasteiger partial charge in [-0.2, -0.15) is 0 Å². The van der Waals surface area contributed by atoms with Gasteiger partial charge in [0.05, 0.1) is 0 Å². The minimum Gasteiger partial charge on any atom is -0.457 e. The van der Waals surface area contributed by atoms with Crippen molar-refractivity contribution in [3.63, 3.8) is 0 Å². The molecule has 0 rings (SSSR count). The molecule has 0 fully saturated rings. The summed E-state index contributed by atoms with van der Waals surface area (Å²) in [5.41, 5.74) is -0.397. The fourth-order valence-corrected chi connectivity index (χ4v) is 1.62. The number of hydrogen-bond acceptors (Lipinski definition) is 2. The van der Waals surface area contributed by atoms with E-state index in [1.807, 2.05) is 26.8 Å². The number of ether oxygens (including phenoxy) is 1. The SMILES string of the molecule is CCCC=CCCCCCC=CC(=O)OC(C)(C)C. The number of unbranched alkanes of at least 4 members (excludes halogenated alkanes) is 5. The van der Waals surface area contributed by atoms with E-state index in [2.05, 4.69) is 19.1 Å². The van der Waals surface area contributed by atoms with E-state index in [0.717, 1.165) is 12.8 Å². The number of rotatable bonds is 9. The molecule has 0 aliphatic heterocycles. The van der Waals surface area contributed by atoms with Crippen LogP contribution in [0.1, 0.15) is 72.6 Å². The number of carbonyl (C=O) groups excluding carboxylic acids is 1. The van der Waals surface area contributed by atoms with Crippen LogP contribution in [0.5, 0.6) is 0 Å². The minimum absolute atomic E-state index is 0.241. The molecule has 0 atom stereocenters. The maximum Gasteiger partial charge on any atom is 0.330 e. The van der Waals surface area contributed by atoms with Crippen LogP contribution in [-0.4, -0.2) is 11.6 Å². The van der Waals surface area contributed by atoms with E-state index in [9.17, 15) is 4.79 Å². The van der Waals surface area contributed by atoms with Gasteiger partial charge in [0, 0.05) is 6.08 Å². The van der Waals surface area contributed by atoms with Crippen LogP contribution in [0.25, 0.3) is 0 Å². The molecule has 110 valence electrons. The fourth-order valence-electron chi connectivity index (χ4n) is 1.62. The highest BCUT2D eigenvalue weighted by Gasteiger charge is 2.13. The summed E-state index contributed by atoms with van der Waals surface area (Å²) in [6, 6.07) is 0. The highest BCUT2D eigenvalue weighted by Crippen LogP contribution is 2.08. The number of carbonyl (C=O) groups is 1. The third-order valence-corrected chi connectivity index (χ3v) is 2.52. The molecule has 0 aromatic carbocycles. The number of allylic oxidation sites excluding steroid dienone is 3. The molecule has 0 aromatic rings. The van der Waals surface area contributed by atoms with Crippen LogP contribution in [0, 0.1) is 0 Å². The lowest BCUT2D eigenvalue weighted by Gasteiger charge is -2.17. The lowest BCUT2D eigenvalue weighted by Crippen LogP contribution is -2.22. The van der Waals surface area contributed by atoms with Gasteiger partial charge in [0.25, 0.3) is 0 Å². The van der Waals surface area contributed by atoms with Crippen LogP contribution < -0.4 is 0 Å². The van der Waals surface area contributed by atoms with Gasteiger partial charge in [0.15, 0.2) is 0 Å². The first kappa shape index (κ1) is 17.9. The van der Waals surface area contributed by atoms with Gasteiger partial charge in [-0.25, -0.2) is 4.79 Å². The molecule has 0 aliphatic rings. The third-order valence-electron chi connectivity index (χ3n) is 2.52. The summed E-state index contributed by atoms with van der Waals surface area (Å²) in [4.78, 5) is 11.4. The van der Waals surface area contributed by atoms with E-state index in [1.165, 1.54) is 32.1 Å². The molecule has 0 aliphatic carbocycles. The van der Waals surface area contributed by atoms with Crippen molar-refractivity contribution >= 4 is 5.97 Å². The molecule has 0 bridgehead atoms. The lowest BCUT2D eigenvalue weighted by molar-refractivity contribution is -0.148. The largest absolute Gasteiger partial charge is 0.457 e. The summed E-state index contributed by atoms with van der Waals surface area (Å²) >= 11 is 0. The van der Waals surface area contributed by atoms with Crippen molar-refractivity contribution in [3.05, 3.63) is 24.3 Å². The second-order valence-electron chi connectivity index (χ2n) is 5.83. The highest BCUT2D eigenvalue weighted by molar-refractivity contribution is 5.82. The molecule has 2 nitrogen and oxygen atoms in total. The molecule has 19 heavy (non-hydrogen) atoms. The Kier molecular flexibility index (Phi) is 10.2. The normalized spacial score (nSPS) is 12.4. The Morgan fingerprint density at radius 3 is 2.11 bits per heavy atom. The molecule has 0 N–H and O–H groups in total. The number of hydrogen-bond donors (Lipinski definition) is 0. The Bertz CT molecular complexity index is 282. The maximum atomic E-state index is 11.4. The summed E-state index contributed by atoms with van der Waals surface area (Å²) in [5.74, 6) is -0.241. The smallest absolute Gasteiger partial charge is 0.330 e. The monoisotopic (exact) mass is 266 g/mol. The Morgan fingerprint density at radius 1 is 0.947 bits per heavy atom. The van der Waals surface area contributed by atoms with E-state index in [0.29, 0.717) is 0 Å². The quantitative estimate of drug-likeness (QED) is 0.248. The van der Waals surface area contributed by atoms with Gasteiger partial charge in [0.1, 0.15) is 5.60 Å². The maximum absolute atomic E-state index is 11.4. The molecule has 0 heterocycles. The topological polar surface area (TPSA) is 26.3 Å². The van der Waals surface area contributed by atoms with Crippen molar-refractivity contribution < 1.29 is 9.53 Å². The van der Waals surface area contributed by atoms with Crippen LogP contribution in [0.15, 0.2) is 24.3 Å². The van der Waals surface area contributed by atoms with Crippen LogP contribution in [0.4, 0.5) is 0 Å². The molecule has 0 amide bonds. The van der Waals surface area contributed by atoms with Gasteiger partial charge < -0.3 is 4.74 Å². The second kappa shape index (κ2) is 10.8. The van der Waals surface area contributed by atoms with E-state index in [1.54, 1.807) is 6.08 Å². The molecule has 2 heteroatoms. The zero-order valence-corrected chi connectivity index (χ0v) is 13.1. The van der Waals surface area contributed by atoms with Gasteiger partial charge in [-0.3, -0.25) is 0 Å². The van der Waals surface area contributed by atoms with Crippen LogP contribution in [0.3, 0.4) is 0 Å². The van der Waals surface area contributed by atoms with Gasteiger partial charge >= 0.3 is 5.97 Å². The first-order valence-electron chi connectivity index (χ1n) is 7.50. The van der Waals surface area contributed by atoms with Crippen molar-refractivity contribution in [2.45, 2.75) is 78.2 Å². The third kappa shape index (κ3) is 14.9. The van der Waals surface area contributed by atoms with Gasteiger partial charge in [-0.05, 0) is 52.9 Å². The molecule has 0 saturated carbocycles. The Hall–Kier alpha value is -1.05. The van der Waals surface area contributed by atoms with Crippen molar-refractivity contribution in [1.29, 1.82) is 0 Å². The standard InChI is InChI=1S/C17H30O2/c1-5-6-7-8-9-10-11-12-13-14-15-16(18)19-17(2,3)4/h7-8,14-15H,5-6,9-13H2,1-4H3. The second-order valence-corrected chi connectivity index (χ2v) is 5.83. The van der Waals surface area contributed by atoms with E-state index in [4.69, 9.17) is 4.74 Å². The Labute approximate surface area is 118 Å². The van der Waals surface area contributed by atoms with E-state index >= 15 is 0 Å². The van der Waals surface area contributed by atoms with E-state index in [-0.39, 0.29) is 5.97 Å². The first-order chi connectivity index (χ1) is 8.95. The molecule has 0 aromatic heterocycles. The fraction of sp³-hybridized carbons (Fsp3) is 0.706. The summed E-state index contributed by atoms with van der Waals surface area (Å²) < 4.78 is 5.19. The summed E-state index contributed by atoms with van der Waals surface area (Å²) in [5, 5.41) is 0. The molecule has 0 spiro atoms. The van der Waals surface area contributed by atoms with Crippen molar-refractivity contribution in [2.24, 2.45) is 0 Å². The first-order valence-corrected chi connectivity index (χ1v) is 7.50. The predicted octanol–water partition coefficient (Wildman–Crippen LogP) is 5.19. The molecule has 0 radical (unpaired) electrons. The molecular formula is C17H30O2. The summed E-state index contributed by atoms with van der Waals surface area (Å²) in [6.45, 7) is 7.84. The average Bonchev–Trinajstić information content (AvgIpc) is 2.29. The zero-order valence-electron chi connectivity index (χ0n) is 13.1. The highest BCUT2D eigenvalue weighted by atomic mass is 16.6. The van der Waals surface area contributed by atoms with Crippen molar-refractivity contribution in [3.8, 4) is 0 Å². The van der Waals surface area contributed by atoms with Gasteiger partial charge in [0.2, 0.25) is 0 Å². The number of esters is 1. The summed E-state index contributed by atoms with van der Waals surface area (Å²) in [6.07, 6.45) is 16.2. The van der Waals surface area contributed by atoms with Gasteiger partial charge in [-0.15, -0.1) is 0 Å². The van der Waals surface area contributed by atoms with Crippen molar-refractivity contribution in [2.75, 3.05) is 0 Å².